The third-order valence-electron chi connectivity index (χ3n) is 5.29. The van der Waals surface area contributed by atoms with Crippen molar-refractivity contribution in [3.8, 4) is 11.5 Å². The second-order valence-corrected chi connectivity index (χ2v) is 8.44. The van der Waals surface area contributed by atoms with Gasteiger partial charge in [-0.05, 0) is 66.4 Å². The molecule has 0 spiro atoms. The van der Waals surface area contributed by atoms with E-state index in [-0.39, 0.29) is 11.5 Å². The molecule has 0 fully saturated rings. The summed E-state index contributed by atoms with van der Waals surface area (Å²) in [6.45, 7) is 9.31. The molecule has 0 radical (unpaired) electrons. The van der Waals surface area contributed by atoms with Gasteiger partial charge in [-0.3, -0.25) is 4.99 Å². The summed E-state index contributed by atoms with van der Waals surface area (Å²) in [5, 5.41) is 27.6. The number of hydrogen-bond donors (Lipinski definition) is 2. The predicted molar refractivity (Wildman–Crippen MR) is 133 cm³/mol. The molecule has 0 bridgehead atoms. The number of unbranched alkanes of at least 4 members (excludes halogenated alkanes) is 3. The summed E-state index contributed by atoms with van der Waals surface area (Å²) in [5.74, 6) is 1.95. The Hall–Kier alpha value is -2.95. The fourth-order valence-corrected chi connectivity index (χ4v) is 3.34. The van der Waals surface area contributed by atoms with Gasteiger partial charge in [0.05, 0.1) is 12.2 Å². The number of nitrogens with zero attached hydrogens (tertiary/aromatic N) is 3. The Balaban J connectivity index is 0.000000344. The van der Waals surface area contributed by atoms with Crippen LogP contribution < -0.4 is 0 Å². The third-order valence-corrected chi connectivity index (χ3v) is 5.29. The molecular weight excluding hydrogens is 398 g/mol. The molecule has 32 heavy (non-hydrogen) atoms. The number of amidine groups is 1. The number of hydrogen-bond acceptors (Lipinski definition) is 5. The molecule has 0 aliphatic carbocycles. The van der Waals surface area contributed by atoms with Crippen LogP contribution in [0.3, 0.4) is 0 Å². The summed E-state index contributed by atoms with van der Waals surface area (Å²) in [7, 11) is 0. The van der Waals surface area contributed by atoms with Crippen LogP contribution in [0.2, 0.25) is 0 Å². The summed E-state index contributed by atoms with van der Waals surface area (Å²) < 4.78 is 0. The second-order valence-electron chi connectivity index (χ2n) is 8.44. The van der Waals surface area contributed by atoms with Gasteiger partial charge in [-0.15, -0.1) is 10.2 Å². The van der Waals surface area contributed by atoms with Crippen LogP contribution in [0, 0.1) is 5.92 Å². The van der Waals surface area contributed by atoms with E-state index in [0.717, 1.165) is 34.7 Å². The van der Waals surface area contributed by atoms with Crippen molar-refractivity contribution < 1.29 is 10.2 Å². The van der Waals surface area contributed by atoms with Gasteiger partial charge in [0.1, 0.15) is 11.5 Å². The van der Waals surface area contributed by atoms with E-state index in [1.165, 1.54) is 32.1 Å². The largest absolute Gasteiger partial charge is 0.508 e. The van der Waals surface area contributed by atoms with Crippen molar-refractivity contribution in [2.75, 3.05) is 6.54 Å². The number of benzene rings is 2. The highest BCUT2D eigenvalue weighted by Crippen LogP contribution is 2.23. The lowest BCUT2D eigenvalue weighted by molar-refractivity contribution is 0.469. The summed E-state index contributed by atoms with van der Waals surface area (Å²) in [6, 6.07) is 12.2. The Morgan fingerprint density at radius 3 is 2.25 bits per heavy atom. The van der Waals surface area contributed by atoms with Crippen LogP contribution in [-0.4, -0.2) is 22.6 Å². The SMILES string of the molecule is CCCCCCC(C)C.CCc1cc(C2=NCC=C(c3ccc(O)cc3)N=N2)ccc1O. The monoisotopic (exact) mass is 435 g/mol. The fourth-order valence-electron chi connectivity index (χ4n) is 3.34. The molecule has 0 amide bonds. The normalized spacial score (nSPS) is 13.2. The fraction of sp³-hybridized carbons (Fsp3) is 0.444. The van der Waals surface area contributed by atoms with Gasteiger partial charge < -0.3 is 10.2 Å². The number of rotatable bonds is 8. The van der Waals surface area contributed by atoms with Crippen molar-refractivity contribution in [2.24, 2.45) is 21.1 Å². The van der Waals surface area contributed by atoms with Crippen LogP contribution in [0.25, 0.3) is 5.70 Å². The van der Waals surface area contributed by atoms with Crippen molar-refractivity contribution >= 4 is 11.5 Å². The first-order chi connectivity index (χ1) is 15.4. The Morgan fingerprint density at radius 1 is 0.875 bits per heavy atom. The van der Waals surface area contributed by atoms with E-state index in [0.29, 0.717) is 12.4 Å². The Labute approximate surface area is 192 Å². The maximum absolute atomic E-state index is 9.78. The average molecular weight is 436 g/mol. The van der Waals surface area contributed by atoms with Crippen LogP contribution in [0.15, 0.2) is 63.8 Å². The molecule has 3 rings (SSSR count). The maximum Gasteiger partial charge on any atom is 0.177 e. The zero-order chi connectivity index (χ0) is 23.3. The van der Waals surface area contributed by atoms with Crippen molar-refractivity contribution in [2.45, 2.75) is 66.2 Å². The lowest BCUT2D eigenvalue weighted by Crippen LogP contribution is -1.98. The van der Waals surface area contributed by atoms with Crippen LogP contribution >= 0.6 is 0 Å². The molecule has 5 heteroatoms. The topological polar surface area (TPSA) is 77.5 Å². The zero-order valence-corrected chi connectivity index (χ0v) is 19.9. The summed E-state index contributed by atoms with van der Waals surface area (Å²) in [4.78, 5) is 4.44. The van der Waals surface area contributed by atoms with Crippen LogP contribution in [0.1, 0.15) is 76.5 Å². The molecule has 1 aliphatic rings. The summed E-state index contributed by atoms with van der Waals surface area (Å²) in [5.41, 5.74) is 3.29. The second kappa shape index (κ2) is 13.5. The van der Waals surface area contributed by atoms with Crippen LogP contribution in [0.5, 0.6) is 11.5 Å². The van der Waals surface area contributed by atoms with Gasteiger partial charge >= 0.3 is 0 Å². The number of aromatic hydroxyl groups is 2. The van der Waals surface area contributed by atoms with E-state index in [9.17, 15) is 10.2 Å². The smallest absolute Gasteiger partial charge is 0.177 e. The molecule has 0 atom stereocenters. The minimum atomic E-state index is 0.216. The maximum atomic E-state index is 9.78. The van der Waals surface area contributed by atoms with E-state index < -0.39 is 0 Å². The summed E-state index contributed by atoms with van der Waals surface area (Å²) in [6.07, 6.45) is 9.70. The van der Waals surface area contributed by atoms with Gasteiger partial charge in [-0.25, -0.2) is 0 Å². The third kappa shape index (κ3) is 8.29. The van der Waals surface area contributed by atoms with Gasteiger partial charge in [-0.2, -0.15) is 0 Å². The molecule has 1 aliphatic heterocycles. The number of phenols is 2. The van der Waals surface area contributed by atoms with Crippen molar-refractivity contribution in [1.82, 2.24) is 0 Å². The van der Waals surface area contributed by atoms with Crippen LogP contribution in [0.4, 0.5) is 0 Å². The van der Waals surface area contributed by atoms with Gasteiger partial charge in [0, 0.05) is 11.1 Å². The van der Waals surface area contributed by atoms with Gasteiger partial charge in [-0.1, -0.05) is 59.8 Å². The molecule has 5 nitrogen and oxygen atoms in total. The van der Waals surface area contributed by atoms with Crippen molar-refractivity contribution in [1.29, 1.82) is 0 Å². The Kier molecular flexibility index (Phi) is 10.6. The first kappa shape index (κ1) is 25.3. The average Bonchev–Trinajstić information content (AvgIpc) is 3.04. The Morgan fingerprint density at radius 2 is 1.59 bits per heavy atom. The molecular formula is C27H37N3O2. The first-order valence-corrected chi connectivity index (χ1v) is 11.7. The Bertz CT molecular complexity index is 928. The lowest BCUT2D eigenvalue weighted by atomic mass is 10.1. The molecule has 172 valence electrons. The van der Waals surface area contributed by atoms with Gasteiger partial charge in [0.2, 0.25) is 0 Å². The molecule has 1 heterocycles. The van der Waals surface area contributed by atoms with Gasteiger partial charge in [0.25, 0.3) is 0 Å². The van der Waals surface area contributed by atoms with Crippen molar-refractivity contribution in [3.63, 3.8) is 0 Å². The van der Waals surface area contributed by atoms with E-state index >= 15 is 0 Å². The molecule has 0 saturated carbocycles. The highest BCUT2D eigenvalue weighted by atomic mass is 16.3. The van der Waals surface area contributed by atoms with Crippen molar-refractivity contribution in [3.05, 3.63) is 65.2 Å². The predicted octanol–water partition coefficient (Wildman–Crippen LogP) is 7.53. The highest BCUT2D eigenvalue weighted by Gasteiger charge is 2.10. The van der Waals surface area contributed by atoms with E-state index in [1.54, 1.807) is 36.4 Å². The van der Waals surface area contributed by atoms with E-state index in [1.807, 2.05) is 19.1 Å². The zero-order valence-electron chi connectivity index (χ0n) is 19.9. The number of aliphatic imine (C=N–C) groups is 1. The number of azo groups is 1. The number of aryl methyl sites for hydroxylation is 1. The molecule has 2 aromatic rings. The number of phenolic OH excluding ortho intramolecular Hbond substituents is 2. The molecule has 2 aromatic carbocycles. The van der Waals surface area contributed by atoms with E-state index in [2.05, 4.69) is 36.0 Å². The minimum absolute atomic E-state index is 0.216. The van der Waals surface area contributed by atoms with Gasteiger partial charge in [0.15, 0.2) is 5.84 Å². The molecule has 2 N–H and O–H groups in total. The van der Waals surface area contributed by atoms with E-state index in [4.69, 9.17) is 0 Å². The summed E-state index contributed by atoms with van der Waals surface area (Å²) >= 11 is 0. The standard InChI is InChI=1S/C18H17N3O2.C9H20/c1-2-12-11-14(5-8-17(12)23)18-19-10-9-16(20-21-18)13-3-6-15(22)7-4-13;1-4-5-6-7-8-9(2)3/h3-9,11,22-23H,2,10H2,1H3;9H,4-8H2,1-3H3. The molecule has 0 saturated heterocycles. The quantitative estimate of drug-likeness (QED) is 0.420. The molecule has 0 unspecified atom stereocenters. The molecule has 0 aromatic heterocycles. The minimum Gasteiger partial charge on any atom is -0.508 e. The highest BCUT2D eigenvalue weighted by molar-refractivity contribution is 6.00. The first-order valence-electron chi connectivity index (χ1n) is 11.7. The van der Waals surface area contributed by atoms with Crippen LogP contribution in [-0.2, 0) is 6.42 Å². The lowest BCUT2D eigenvalue weighted by Gasteiger charge is -2.05.